The van der Waals surface area contributed by atoms with Gasteiger partial charge >= 0.3 is 0 Å². The van der Waals surface area contributed by atoms with Crippen molar-refractivity contribution < 1.29 is 9.90 Å². The monoisotopic (exact) mass is 332 g/mol. The molecule has 2 aromatic heterocycles. The topological polar surface area (TPSA) is 69.6 Å². The maximum atomic E-state index is 12.4. The molecule has 0 radical (unpaired) electrons. The van der Waals surface area contributed by atoms with Gasteiger partial charge in [0.25, 0.3) is 5.91 Å². The van der Waals surface area contributed by atoms with E-state index in [-0.39, 0.29) is 5.91 Å². The molecule has 1 fully saturated rings. The molecule has 0 aromatic carbocycles. The van der Waals surface area contributed by atoms with Gasteiger partial charge in [0.2, 0.25) is 5.95 Å². The van der Waals surface area contributed by atoms with Crippen molar-refractivity contribution in [3.8, 4) is 0 Å². The van der Waals surface area contributed by atoms with Crippen LogP contribution in [0.1, 0.15) is 21.7 Å². The SMILES string of the molecule is Cc1csc(C(=O)N(C)C[C@]2(O)CCN(c3ncccn3)C2)c1. The summed E-state index contributed by atoms with van der Waals surface area (Å²) in [5.74, 6) is 0.567. The first-order chi connectivity index (χ1) is 11.0. The highest BCUT2D eigenvalue weighted by Gasteiger charge is 2.39. The second-order valence-corrected chi connectivity index (χ2v) is 7.01. The Kier molecular flexibility index (Phi) is 4.32. The summed E-state index contributed by atoms with van der Waals surface area (Å²) in [6.45, 7) is 3.38. The number of aliphatic hydroxyl groups is 1. The molecule has 6 nitrogen and oxygen atoms in total. The fourth-order valence-corrected chi connectivity index (χ4v) is 3.75. The molecule has 2 aromatic rings. The zero-order valence-electron chi connectivity index (χ0n) is 13.3. The van der Waals surface area contributed by atoms with Crippen molar-refractivity contribution in [3.05, 3.63) is 40.3 Å². The van der Waals surface area contributed by atoms with Crippen LogP contribution >= 0.6 is 11.3 Å². The number of carbonyl (C=O) groups is 1. The molecule has 1 N–H and O–H groups in total. The number of rotatable bonds is 4. The average molecular weight is 332 g/mol. The molecule has 122 valence electrons. The minimum Gasteiger partial charge on any atom is -0.386 e. The van der Waals surface area contributed by atoms with Gasteiger partial charge in [-0.15, -0.1) is 11.3 Å². The van der Waals surface area contributed by atoms with Crippen LogP contribution in [0.4, 0.5) is 5.95 Å². The van der Waals surface area contributed by atoms with Crippen molar-refractivity contribution in [2.24, 2.45) is 0 Å². The van der Waals surface area contributed by atoms with Crippen molar-refractivity contribution in [3.63, 3.8) is 0 Å². The first kappa shape index (κ1) is 15.9. The Balaban J connectivity index is 1.64. The number of aryl methyl sites for hydroxylation is 1. The molecule has 7 heteroatoms. The summed E-state index contributed by atoms with van der Waals surface area (Å²) in [4.78, 5) is 25.1. The fraction of sp³-hybridized carbons (Fsp3) is 0.438. The normalized spacial score (nSPS) is 20.7. The lowest BCUT2D eigenvalue weighted by molar-refractivity contribution is 0.0266. The van der Waals surface area contributed by atoms with Crippen LogP contribution in [0.5, 0.6) is 0 Å². The Hall–Kier alpha value is -1.99. The lowest BCUT2D eigenvalue weighted by atomic mass is 10.0. The zero-order valence-corrected chi connectivity index (χ0v) is 14.1. The lowest BCUT2D eigenvalue weighted by Crippen LogP contribution is -2.45. The summed E-state index contributed by atoms with van der Waals surface area (Å²) in [6.07, 6.45) is 3.97. The highest BCUT2D eigenvalue weighted by atomic mass is 32.1. The van der Waals surface area contributed by atoms with Gasteiger partial charge < -0.3 is 14.9 Å². The van der Waals surface area contributed by atoms with E-state index in [9.17, 15) is 9.90 Å². The van der Waals surface area contributed by atoms with E-state index in [1.165, 1.54) is 11.3 Å². The first-order valence-electron chi connectivity index (χ1n) is 7.52. The maximum Gasteiger partial charge on any atom is 0.263 e. The zero-order chi connectivity index (χ0) is 16.4. The van der Waals surface area contributed by atoms with Crippen molar-refractivity contribution in [1.29, 1.82) is 0 Å². The first-order valence-corrected chi connectivity index (χ1v) is 8.40. The summed E-state index contributed by atoms with van der Waals surface area (Å²) >= 11 is 1.44. The molecule has 1 atom stereocenters. The molecule has 1 amide bonds. The van der Waals surface area contributed by atoms with Crippen LogP contribution in [0.25, 0.3) is 0 Å². The quantitative estimate of drug-likeness (QED) is 0.920. The number of thiophene rings is 1. The summed E-state index contributed by atoms with van der Waals surface area (Å²) in [6, 6.07) is 3.65. The molecule has 1 aliphatic heterocycles. The number of amides is 1. The van der Waals surface area contributed by atoms with Crippen molar-refractivity contribution >= 4 is 23.2 Å². The van der Waals surface area contributed by atoms with Gasteiger partial charge in [0, 0.05) is 26.0 Å². The summed E-state index contributed by atoms with van der Waals surface area (Å²) in [5, 5.41) is 12.8. The average Bonchev–Trinajstić information content (AvgIpc) is 3.14. The van der Waals surface area contributed by atoms with Crippen molar-refractivity contribution in [1.82, 2.24) is 14.9 Å². The molecular formula is C16H20N4O2S. The number of hydrogen-bond donors (Lipinski definition) is 1. The third kappa shape index (κ3) is 3.51. The Morgan fingerprint density at radius 2 is 2.22 bits per heavy atom. The molecule has 0 bridgehead atoms. The van der Waals surface area contributed by atoms with Gasteiger partial charge in [0.15, 0.2) is 0 Å². The van der Waals surface area contributed by atoms with Crippen LogP contribution in [0.2, 0.25) is 0 Å². The number of carbonyl (C=O) groups excluding carboxylic acids is 1. The fourth-order valence-electron chi connectivity index (χ4n) is 2.86. The molecule has 23 heavy (non-hydrogen) atoms. The molecule has 0 saturated carbocycles. The molecule has 3 rings (SSSR count). The molecule has 0 aliphatic carbocycles. The molecule has 1 aliphatic rings. The largest absolute Gasteiger partial charge is 0.386 e. The van der Waals surface area contributed by atoms with Gasteiger partial charge in [0.1, 0.15) is 5.60 Å². The molecule has 1 saturated heterocycles. The second kappa shape index (κ2) is 6.25. The van der Waals surface area contributed by atoms with Crippen LogP contribution in [0.3, 0.4) is 0 Å². The van der Waals surface area contributed by atoms with Crippen LogP contribution < -0.4 is 4.90 Å². The summed E-state index contributed by atoms with van der Waals surface area (Å²) < 4.78 is 0. The molecule has 3 heterocycles. The van der Waals surface area contributed by atoms with Crippen molar-refractivity contribution in [2.45, 2.75) is 18.9 Å². The Morgan fingerprint density at radius 1 is 1.48 bits per heavy atom. The van der Waals surface area contributed by atoms with Crippen LogP contribution in [-0.4, -0.2) is 58.2 Å². The molecule has 0 unspecified atom stereocenters. The highest BCUT2D eigenvalue weighted by molar-refractivity contribution is 7.12. The standard InChI is InChI=1S/C16H20N4O2S/c1-12-8-13(23-9-12)14(21)19(2)10-16(22)4-7-20(11-16)15-17-5-3-6-18-15/h3,5-6,8-9,22H,4,7,10-11H2,1-2H3/t16-/m1/s1. The maximum absolute atomic E-state index is 12.4. The van der Waals surface area contributed by atoms with Crippen LogP contribution in [-0.2, 0) is 0 Å². The Labute approximate surface area is 139 Å². The number of hydrogen-bond acceptors (Lipinski definition) is 6. The van der Waals surface area contributed by atoms with E-state index in [4.69, 9.17) is 0 Å². The van der Waals surface area contributed by atoms with Gasteiger partial charge in [-0.3, -0.25) is 4.79 Å². The minimum absolute atomic E-state index is 0.0501. The number of anilines is 1. The smallest absolute Gasteiger partial charge is 0.263 e. The predicted octanol–water partition coefficient (Wildman–Crippen LogP) is 1.56. The predicted molar refractivity (Wildman–Crippen MR) is 89.8 cm³/mol. The number of likely N-dealkylation sites (N-methyl/N-ethyl adjacent to an activating group) is 1. The van der Waals surface area contributed by atoms with Gasteiger partial charge in [0.05, 0.1) is 18.0 Å². The number of β-amino-alcohol motifs (C(OH)–C–C–N with tert-alkyl or cyclic N) is 1. The second-order valence-electron chi connectivity index (χ2n) is 6.09. The molecule has 0 spiro atoms. The lowest BCUT2D eigenvalue weighted by Gasteiger charge is -2.28. The molecular weight excluding hydrogens is 312 g/mol. The Bertz CT molecular complexity index is 690. The number of nitrogens with zero attached hydrogens (tertiary/aromatic N) is 4. The highest BCUT2D eigenvalue weighted by Crippen LogP contribution is 2.26. The van der Waals surface area contributed by atoms with Gasteiger partial charge in [-0.05, 0) is 36.4 Å². The van der Waals surface area contributed by atoms with Gasteiger partial charge in [-0.25, -0.2) is 9.97 Å². The minimum atomic E-state index is -0.935. The van der Waals surface area contributed by atoms with Crippen molar-refractivity contribution in [2.75, 3.05) is 31.6 Å². The van der Waals surface area contributed by atoms with Crippen LogP contribution in [0, 0.1) is 6.92 Å². The van der Waals surface area contributed by atoms with Gasteiger partial charge in [-0.2, -0.15) is 0 Å². The van der Waals surface area contributed by atoms with E-state index in [0.717, 1.165) is 5.56 Å². The van der Waals surface area contributed by atoms with E-state index in [1.54, 1.807) is 30.4 Å². The number of aromatic nitrogens is 2. The van der Waals surface area contributed by atoms with Gasteiger partial charge in [-0.1, -0.05) is 0 Å². The van der Waals surface area contributed by atoms with E-state index in [0.29, 0.717) is 36.9 Å². The third-order valence-corrected chi connectivity index (χ3v) is 5.02. The summed E-state index contributed by atoms with van der Waals surface area (Å²) in [7, 11) is 1.73. The summed E-state index contributed by atoms with van der Waals surface area (Å²) in [5.41, 5.74) is 0.148. The van der Waals surface area contributed by atoms with Crippen LogP contribution in [0.15, 0.2) is 29.9 Å². The third-order valence-electron chi connectivity index (χ3n) is 3.99. The van der Waals surface area contributed by atoms with E-state index in [2.05, 4.69) is 9.97 Å². The van der Waals surface area contributed by atoms with E-state index < -0.39 is 5.60 Å². The van der Waals surface area contributed by atoms with E-state index in [1.807, 2.05) is 23.3 Å². The Morgan fingerprint density at radius 3 is 2.87 bits per heavy atom. The van der Waals surface area contributed by atoms with E-state index >= 15 is 0 Å².